The Bertz CT molecular complexity index is 326. The second-order valence-corrected chi connectivity index (χ2v) is 6.40. The van der Waals surface area contributed by atoms with E-state index in [-0.39, 0.29) is 0 Å². The maximum Gasteiger partial charge on any atom is 0.235 e. The van der Waals surface area contributed by atoms with Crippen molar-refractivity contribution in [1.29, 1.82) is 0 Å². The summed E-state index contributed by atoms with van der Waals surface area (Å²) in [5.74, 6) is 0. The lowest BCUT2D eigenvalue weighted by atomic mass is 10.3. The molecule has 4 nitrogen and oxygen atoms in total. The Morgan fingerprint density at radius 1 is 1.06 bits per heavy atom. The van der Waals surface area contributed by atoms with E-state index in [0.29, 0.717) is 6.54 Å². The minimum absolute atomic E-state index is 0.594. The van der Waals surface area contributed by atoms with Crippen LogP contribution in [0.2, 0.25) is 0 Å². The molecule has 0 amide bonds. The van der Waals surface area contributed by atoms with E-state index in [4.69, 9.17) is 0 Å². The van der Waals surface area contributed by atoms with Gasteiger partial charge in [-0.15, -0.1) is 0 Å². The van der Waals surface area contributed by atoms with Gasteiger partial charge >= 0.3 is 0 Å². The SMILES string of the molecule is C/C=C/S(=O)(=O)N(C)CCCCN(CC)CCC. The molecular formula is C13H28N2O2S. The number of hydrogen-bond donors (Lipinski definition) is 0. The van der Waals surface area contributed by atoms with Crippen molar-refractivity contribution in [2.24, 2.45) is 0 Å². The first-order valence-electron chi connectivity index (χ1n) is 6.79. The van der Waals surface area contributed by atoms with Gasteiger partial charge in [-0.25, -0.2) is 12.7 Å². The first-order valence-corrected chi connectivity index (χ1v) is 8.29. The van der Waals surface area contributed by atoms with Gasteiger partial charge < -0.3 is 4.90 Å². The lowest BCUT2D eigenvalue weighted by molar-refractivity contribution is 0.279. The summed E-state index contributed by atoms with van der Waals surface area (Å²) in [6.45, 7) is 9.91. The van der Waals surface area contributed by atoms with E-state index in [0.717, 1.165) is 32.5 Å². The molecule has 0 atom stereocenters. The molecule has 18 heavy (non-hydrogen) atoms. The maximum absolute atomic E-state index is 11.6. The Morgan fingerprint density at radius 2 is 1.67 bits per heavy atom. The number of hydrogen-bond acceptors (Lipinski definition) is 3. The molecule has 0 aliphatic heterocycles. The molecule has 0 bridgehead atoms. The number of nitrogens with zero attached hydrogens (tertiary/aromatic N) is 2. The Kier molecular flexibility index (Phi) is 9.32. The van der Waals surface area contributed by atoms with E-state index in [9.17, 15) is 8.42 Å². The molecule has 0 aliphatic carbocycles. The van der Waals surface area contributed by atoms with Crippen molar-refractivity contribution in [3.05, 3.63) is 11.5 Å². The van der Waals surface area contributed by atoms with Crippen LogP contribution in [0.3, 0.4) is 0 Å². The first kappa shape index (κ1) is 17.6. The molecule has 0 aliphatic rings. The van der Waals surface area contributed by atoms with Crippen LogP contribution >= 0.6 is 0 Å². The lowest BCUT2D eigenvalue weighted by Crippen LogP contribution is -2.28. The van der Waals surface area contributed by atoms with Crippen molar-refractivity contribution in [3.8, 4) is 0 Å². The summed E-state index contributed by atoms with van der Waals surface area (Å²) in [5.41, 5.74) is 0. The van der Waals surface area contributed by atoms with Crippen LogP contribution in [0.15, 0.2) is 11.5 Å². The Morgan fingerprint density at radius 3 is 2.17 bits per heavy atom. The normalized spacial score (nSPS) is 13.0. The van der Waals surface area contributed by atoms with E-state index in [1.807, 2.05) is 0 Å². The summed E-state index contributed by atoms with van der Waals surface area (Å²) >= 11 is 0. The molecule has 0 radical (unpaired) electrons. The molecule has 0 N–H and O–H groups in total. The Labute approximate surface area is 113 Å². The molecule has 0 aromatic carbocycles. The van der Waals surface area contributed by atoms with Crippen LogP contribution in [0.4, 0.5) is 0 Å². The topological polar surface area (TPSA) is 40.6 Å². The molecule has 0 fully saturated rings. The second kappa shape index (κ2) is 9.53. The van der Waals surface area contributed by atoms with Gasteiger partial charge in [0, 0.05) is 19.0 Å². The smallest absolute Gasteiger partial charge is 0.235 e. The van der Waals surface area contributed by atoms with E-state index >= 15 is 0 Å². The van der Waals surface area contributed by atoms with Crippen molar-refractivity contribution in [2.45, 2.75) is 40.0 Å². The molecule has 0 aromatic heterocycles. The summed E-state index contributed by atoms with van der Waals surface area (Å²) in [4.78, 5) is 2.40. The maximum atomic E-state index is 11.6. The second-order valence-electron chi connectivity index (χ2n) is 4.48. The van der Waals surface area contributed by atoms with E-state index in [1.54, 1.807) is 20.0 Å². The number of allylic oxidation sites excluding steroid dienone is 1. The molecular weight excluding hydrogens is 248 g/mol. The van der Waals surface area contributed by atoms with Crippen molar-refractivity contribution in [1.82, 2.24) is 9.21 Å². The van der Waals surface area contributed by atoms with Crippen LogP contribution in [0.25, 0.3) is 0 Å². The molecule has 108 valence electrons. The van der Waals surface area contributed by atoms with Gasteiger partial charge in [0.15, 0.2) is 0 Å². The summed E-state index contributed by atoms with van der Waals surface area (Å²) in [7, 11) is -1.55. The summed E-state index contributed by atoms with van der Waals surface area (Å²) in [6.07, 6.45) is 4.69. The van der Waals surface area contributed by atoms with Gasteiger partial charge in [0.2, 0.25) is 10.0 Å². The van der Waals surface area contributed by atoms with Gasteiger partial charge in [-0.2, -0.15) is 0 Å². The first-order chi connectivity index (χ1) is 8.47. The van der Waals surface area contributed by atoms with Crippen molar-refractivity contribution < 1.29 is 8.42 Å². The molecule has 5 heteroatoms. The van der Waals surface area contributed by atoms with E-state index in [2.05, 4.69) is 18.7 Å². The average molecular weight is 276 g/mol. The molecule has 0 spiro atoms. The van der Waals surface area contributed by atoms with Crippen molar-refractivity contribution in [2.75, 3.05) is 33.2 Å². The molecule has 0 saturated heterocycles. The van der Waals surface area contributed by atoms with E-state index < -0.39 is 10.0 Å². The third kappa shape index (κ3) is 7.13. The monoisotopic (exact) mass is 276 g/mol. The van der Waals surface area contributed by atoms with Gasteiger partial charge in [0.25, 0.3) is 0 Å². The predicted molar refractivity (Wildman–Crippen MR) is 78.0 cm³/mol. The summed E-state index contributed by atoms with van der Waals surface area (Å²) < 4.78 is 24.7. The zero-order valence-electron chi connectivity index (χ0n) is 12.2. The number of sulfonamides is 1. The fourth-order valence-electron chi connectivity index (χ4n) is 1.82. The van der Waals surface area contributed by atoms with Crippen LogP contribution in [-0.2, 0) is 10.0 Å². The van der Waals surface area contributed by atoms with Gasteiger partial charge in [0.05, 0.1) is 0 Å². The van der Waals surface area contributed by atoms with E-state index in [1.165, 1.54) is 16.1 Å². The zero-order chi connectivity index (χ0) is 14.0. The van der Waals surface area contributed by atoms with Gasteiger partial charge in [-0.3, -0.25) is 0 Å². The number of rotatable bonds is 10. The van der Waals surface area contributed by atoms with Crippen LogP contribution in [0.1, 0.15) is 40.0 Å². The highest BCUT2D eigenvalue weighted by Gasteiger charge is 2.12. The van der Waals surface area contributed by atoms with Gasteiger partial charge in [0.1, 0.15) is 0 Å². The standard InChI is InChI=1S/C13H28N2O2S/c1-5-10-15(7-3)12-9-8-11-14(4)18(16,17)13-6-2/h6,13H,5,7-12H2,1-4H3/b13-6+. The Hall–Kier alpha value is -0.390. The summed E-state index contributed by atoms with van der Waals surface area (Å²) in [6, 6.07) is 0. The molecule has 0 aromatic rings. The van der Waals surface area contributed by atoms with Crippen LogP contribution in [0.5, 0.6) is 0 Å². The predicted octanol–water partition coefficient (Wildman–Crippen LogP) is 2.29. The largest absolute Gasteiger partial charge is 0.304 e. The number of unbranched alkanes of at least 4 members (excludes halogenated alkanes) is 1. The fourth-order valence-corrected chi connectivity index (χ4v) is 2.75. The minimum Gasteiger partial charge on any atom is -0.304 e. The Balaban J connectivity index is 3.91. The van der Waals surface area contributed by atoms with Gasteiger partial charge in [-0.05, 0) is 45.8 Å². The van der Waals surface area contributed by atoms with Crippen molar-refractivity contribution in [3.63, 3.8) is 0 Å². The molecule has 0 saturated carbocycles. The highest BCUT2D eigenvalue weighted by Crippen LogP contribution is 2.04. The molecule has 0 unspecified atom stereocenters. The molecule has 0 heterocycles. The quantitative estimate of drug-likeness (QED) is 0.575. The van der Waals surface area contributed by atoms with Crippen LogP contribution in [-0.4, -0.2) is 50.8 Å². The van der Waals surface area contributed by atoms with Crippen LogP contribution < -0.4 is 0 Å². The average Bonchev–Trinajstić information content (AvgIpc) is 2.32. The van der Waals surface area contributed by atoms with Gasteiger partial charge in [-0.1, -0.05) is 19.9 Å². The highest BCUT2D eigenvalue weighted by atomic mass is 32.2. The van der Waals surface area contributed by atoms with Crippen molar-refractivity contribution >= 4 is 10.0 Å². The minimum atomic E-state index is -3.19. The molecule has 0 rings (SSSR count). The lowest BCUT2D eigenvalue weighted by Gasteiger charge is -2.20. The third-order valence-corrected chi connectivity index (χ3v) is 4.59. The summed E-state index contributed by atoms with van der Waals surface area (Å²) in [5, 5.41) is 1.25. The third-order valence-electron chi connectivity index (χ3n) is 2.93. The zero-order valence-corrected chi connectivity index (χ0v) is 13.0. The van der Waals surface area contributed by atoms with Crippen LogP contribution in [0, 0.1) is 0 Å². The fraction of sp³-hybridized carbons (Fsp3) is 0.846. The highest BCUT2D eigenvalue weighted by molar-refractivity contribution is 7.92.